The van der Waals surface area contributed by atoms with Crippen molar-refractivity contribution in [3.63, 3.8) is 0 Å². The SMILES string of the molecule is O=C(NCCC1OCCO1)Nc1ccccc1. The van der Waals surface area contributed by atoms with E-state index in [1.165, 1.54) is 0 Å². The van der Waals surface area contributed by atoms with E-state index in [4.69, 9.17) is 9.47 Å². The first-order valence-electron chi connectivity index (χ1n) is 5.68. The van der Waals surface area contributed by atoms with Crippen molar-refractivity contribution in [3.05, 3.63) is 30.3 Å². The summed E-state index contributed by atoms with van der Waals surface area (Å²) in [5, 5.41) is 5.48. The molecule has 5 heteroatoms. The van der Waals surface area contributed by atoms with Crippen LogP contribution in [0.15, 0.2) is 30.3 Å². The molecule has 2 N–H and O–H groups in total. The second kappa shape index (κ2) is 6.22. The van der Waals surface area contributed by atoms with Crippen molar-refractivity contribution in [2.75, 3.05) is 25.1 Å². The molecule has 17 heavy (non-hydrogen) atoms. The van der Waals surface area contributed by atoms with E-state index in [9.17, 15) is 4.79 Å². The summed E-state index contributed by atoms with van der Waals surface area (Å²) in [6.45, 7) is 1.81. The van der Waals surface area contributed by atoms with Gasteiger partial charge in [-0.25, -0.2) is 4.79 Å². The first kappa shape index (κ1) is 11.9. The van der Waals surface area contributed by atoms with Gasteiger partial charge in [0.05, 0.1) is 13.2 Å². The molecule has 5 nitrogen and oxygen atoms in total. The lowest BCUT2D eigenvalue weighted by Crippen LogP contribution is -2.31. The number of benzene rings is 1. The average Bonchev–Trinajstić information content (AvgIpc) is 2.83. The quantitative estimate of drug-likeness (QED) is 0.834. The molecule has 1 aliphatic heterocycles. The number of hydrogen-bond donors (Lipinski definition) is 2. The summed E-state index contributed by atoms with van der Waals surface area (Å²) in [6, 6.07) is 9.10. The Labute approximate surface area is 100 Å². The molecule has 1 heterocycles. The van der Waals surface area contributed by atoms with Gasteiger partial charge in [0, 0.05) is 18.7 Å². The second-order valence-electron chi connectivity index (χ2n) is 3.71. The van der Waals surface area contributed by atoms with Gasteiger partial charge < -0.3 is 20.1 Å². The Balaban J connectivity index is 1.64. The van der Waals surface area contributed by atoms with E-state index in [1.54, 1.807) is 0 Å². The number of rotatable bonds is 4. The van der Waals surface area contributed by atoms with Gasteiger partial charge in [-0.15, -0.1) is 0 Å². The van der Waals surface area contributed by atoms with Crippen LogP contribution in [-0.2, 0) is 9.47 Å². The Morgan fingerprint density at radius 2 is 1.94 bits per heavy atom. The fraction of sp³-hybridized carbons (Fsp3) is 0.417. The molecule has 0 spiro atoms. The van der Waals surface area contributed by atoms with E-state index in [0.717, 1.165) is 5.69 Å². The third-order valence-electron chi connectivity index (χ3n) is 2.39. The minimum atomic E-state index is -0.214. The monoisotopic (exact) mass is 236 g/mol. The zero-order valence-electron chi connectivity index (χ0n) is 9.52. The van der Waals surface area contributed by atoms with Gasteiger partial charge in [0.1, 0.15) is 0 Å². The highest BCUT2D eigenvalue weighted by Gasteiger charge is 2.15. The third-order valence-corrected chi connectivity index (χ3v) is 2.39. The van der Waals surface area contributed by atoms with Gasteiger partial charge in [-0.05, 0) is 12.1 Å². The summed E-state index contributed by atoms with van der Waals surface area (Å²) in [4.78, 5) is 11.5. The molecule has 1 aliphatic rings. The summed E-state index contributed by atoms with van der Waals surface area (Å²) in [7, 11) is 0. The van der Waals surface area contributed by atoms with Gasteiger partial charge in [0.15, 0.2) is 6.29 Å². The summed E-state index contributed by atoms with van der Waals surface area (Å²) in [5.74, 6) is 0. The molecular weight excluding hydrogens is 220 g/mol. The van der Waals surface area contributed by atoms with Crippen LogP contribution in [0.5, 0.6) is 0 Å². The predicted octanol–water partition coefficient (Wildman–Crippen LogP) is 1.57. The van der Waals surface area contributed by atoms with Crippen molar-refractivity contribution in [3.8, 4) is 0 Å². The van der Waals surface area contributed by atoms with Gasteiger partial charge >= 0.3 is 6.03 Å². The van der Waals surface area contributed by atoms with Gasteiger partial charge in [-0.3, -0.25) is 0 Å². The van der Waals surface area contributed by atoms with E-state index >= 15 is 0 Å². The zero-order valence-corrected chi connectivity index (χ0v) is 9.52. The first-order valence-corrected chi connectivity index (χ1v) is 5.68. The zero-order chi connectivity index (χ0) is 11.9. The molecule has 0 aromatic heterocycles. The standard InChI is InChI=1S/C12H16N2O3/c15-12(14-10-4-2-1-3-5-10)13-7-6-11-16-8-9-17-11/h1-5,11H,6-9H2,(H2,13,14,15). The maximum atomic E-state index is 11.5. The second-order valence-corrected chi connectivity index (χ2v) is 3.71. The van der Waals surface area contributed by atoms with Crippen LogP contribution in [0.1, 0.15) is 6.42 Å². The van der Waals surface area contributed by atoms with Crippen LogP contribution in [0.25, 0.3) is 0 Å². The molecule has 2 amide bonds. The van der Waals surface area contributed by atoms with E-state index in [0.29, 0.717) is 26.2 Å². The van der Waals surface area contributed by atoms with Crippen molar-refractivity contribution in [2.24, 2.45) is 0 Å². The lowest BCUT2D eigenvalue weighted by atomic mass is 10.3. The summed E-state index contributed by atoms with van der Waals surface area (Å²) in [5.41, 5.74) is 0.776. The van der Waals surface area contributed by atoms with E-state index < -0.39 is 0 Å². The molecule has 0 unspecified atom stereocenters. The van der Waals surface area contributed by atoms with E-state index in [1.807, 2.05) is 30.3 Å². The molecule has 92 valence electrons. The van der Waals surface area contributed by atoms with Crippen molar-refractivity contribution in [1.29, 1.82) is 0 Å². The molecule has 1 fully saturated rings. The Morgan fingerprint density at radius 3 is 2.65 bits per heavy atom. The number of carbonyl (C=O) groups is 1. The third kappa shape index (κ3) is 4.05. The van der Waals surface area contributed by atoms with Crippen LogP contribution in [0.3, 0.4) is 0 Å². The Hall–Kier alpha value is -1.59. The number of anilines is 1. The van der Waals surface area contributed by atoms with E-state index in [-0.39, 0.29) is 12.3 Å². The molecule has 1 saturated heterocycles. The summed E-state index contributed by atoms with van der Waals surface area (Å²) in [6.07, 6.45) is 0.495. The highest BCUT2D eigenvalue weighted by atomic mass is 16.7. The maximum Gasteiger partial charge on any atom is 0.319 e. The maximum absolute atomic E-state index is 11.5. The number of hydrogen-bond acceptors (Lipinski definition) is 3. The molecule has 2 rings (SSSR count). The number of nitrogens with one attached hydrogen (secondary N) is 2. The van der Waals surface area contributed by atoms with Crippen molar-refractivity contribution < 1.29 is 14.3 Å². The minimum absolute atomic E-state index is 0.174. The fourth-order valence-electron chi connectivity index (χ4n) is 1.57. The Kier molecular flexibility index (Phi) is 4.35. The summed E-state index contributed by atoms with van der Waals surface area (Å²) >= 11 is 0. The van der Waals surface area contributed by atoms with Crippen molar-refractivity contribution >= 4 is 11.7 Å². The number of carbonyl (C=O) groups excluding carboxylic acids is 1. The fourth-order valence-corrected chi connectivity index (χ4v) is 1.57. The normalized spacial score (nSPS) is 15.8. The van der Waals surface area contributed by atoms with Crippen LogP contribution >= 0.6 is 0 Å². The molecule has 0 saturated carbocycles. The Morgan fingerprint density at radius 1 is 1.24 bits per heavy atom. The van der Waals surface area contributed by atoms with Crippen molar-refractivity contribution in [1.82, 2.24) is 5.32 Å². The van der Waals surface area contributed by atoms with Crippen molar-refractivity contribution in [2.45, 2.75) is 12.7 Å². The molecule has 0 aliphatic carbocycles. The smallest absolute Gasteiger partial charge is 0.319 e. The van der Waals surface area contributed by atoms with Gasteiger partial charge in [-0.2, -0.15) is 0 Å². The largest absolute Gasteiger partial charge is 0.350 e. The van der Waals surface area contributed by atoms with Gasteiger partial charge in [0.25, 0.3) is 0 Å². The average molecular weight is 236 g/mol. The number of urea groups is 1. The molecular formula is C12H16N2O3. The van der Waals surface area contributed by atoms with E-state index in [2.05, 4.69) is 10.6 Å². The molecule has 1 aromatic carbocycles. The van der Waals surface area contributed by atoms with Crippen LogP contribution in [0.2, 0.25) is 0 Å². The molecule has 0 bridgehead atoms. The first-order chi connectivity index (χ1) is 8.34. The summed E-state index contributed by atoms with van der Waals surface area (Å²) < 4.78 is 10.5. The highest BCUT2D eigenvalue weighted by molar-refractivity contribution is 5.89. The lowest BCUT2D eigenvalue weighted by molar-refractivity contribution is -0.0454. The van der Waals surface area contributed by atoms with Gasteiger partial charge in [0.2, 0.25) is 0 Å². The molecule has 0 radical (unpaired) electrons. The topological polar surface area (TPSA) is 59.6 Å². The van der Waals surface area contributed by atoms with Crippen LogP contribution in [0, 0.1) is 0 Å². The Bertz CT molecular complexity index is 350. The van der Waals surface area contributed by atoms with Crippen LogP contribution in [-0.4, -0.2) is 32.1 Å². The predicted molar refractivity (Wildman–Crippen MR) is 63.8 cm³/mol. The lowest BCUT2D eigenvalue weighted by Gasteiger charge is -2.10. The van der Waals surface area contributed by atoms with Gasteiger partial charge in [-0.1, -0.05) is 18.2 Å². The number of amides is 2. The van der Waals surface area contributed by atoms with Crippen LogP contribution < -0.4 is 10.6 Å². The van der Waals surface area contributed by atoms with Crippen LogP contribution in [0.4, 0.5) is 10.5 Å². The number of para-hydroxylation sites is 1. The number of ether oxygens (including phenoxy) is 2. The highest BCUT2D eigenvalue weighted by Crippen LogP contribution is 2.07. The minimum Gasteiger partial charge on any atom is -0.350 e. The molecule has 0 atom stereocenters. The molecule has 1 aromatic rings.